The number of aromatic nitrogens is 12. The van der Waals surface area contributed by atoms with Crippen molar-refractivity contribution in [3.63, 3.8) is 0 Å². The summed E-state index contributed by atoms with van der Waals surface area (Å²) >= 11 is 7.06. The monoisotopic (exact) mass is 1570 g/mol. The lowest BCUT2D eigenvalue weighted by atomic mass is 10.0. The molecular weight excluding hydrogens is 1490 g/mol. The van der Waals surface area contributed by atoms with E-state index in [4.69, 9.17) is 47.5 Å². The van der Waals surface area contributed by atoms with E-state index in [2.05, 4.69) is 111 Å². The first-order valence-corrected chi connectivity index (χ1v) is 35.3. The lowest BCUT2D eigenvalue weighted by Crippen LogP contribution is -2.26. The maximum Gasteiger partial charge on any atom is 0.420 e. The zero-order valence-corrected chi connectivity index (χ0v) is 65.3. The molecular formula is C79H81Br2N15O11. The molecule has 0 amide bonds. The van der Waals surface area contributed by atoms with E-state index in [0.29, 0.717) is 27.8 Å². The Morgan fingerprint density at radius 3 is 1.14 bits per heavy atom. The molecule has 107 heavy (non-hydrogen) atoms. The summed E-state index contributed by atoms with van der Waals surface area (Å²) in [4.78, 5) is 49.1. The van der Waals surface area contributed by atoms with E-state index in [-0.39, 0.29) is 0 Å². The number of carbonyl (C=O) groups is 2. The van der Waals surface area contributed by atoms with Crippen molar-refractivity contribution in [3.05, 3.63) is 201 Å². The number of benzene rings is 7. The number of aromatic amines is 2. The van der Waals surface area contributed by atoms with Gasteiger partial charge < -0.3 is 68.1 Å². The van der Waals surface area contributed by atoms with E-state index in [1.54, 1.807) is 46.1 Å². The second-order valence-electron chi connectivity index (χ2n) is 26.8. The number of carbonyl (C=O) groups excluding carboxylic acids is 2. The fraction of sp³-hybridized carbons (Fsp3) is 0.241. The Labute approximate surface area is 632 Å². The predicted molar refractivity (Wildman–Crippen MR) is 420 cm³/mol. The summed E-state index contributed by atoms with van der Waals surface area (Å²) in [5.41, 5.74) is 25.8. The minimum absolute atomic E-state index is 0.465. The van der Waals surface area contributed by atoms with Crippen molar-refractivity contribution < 1.29 is 51.4 Å². The van der Waals surface area contributed by atoms with Crippen LogP contribution in [0.25, 0.3) is 88.6 Å². The molecule has 0 bridgehead atoms. The number of hydrogen-bond donors (Lipinski definition) is 5. The average Bonchev–Trinajstić information content (AvgIpc) is 1.66. The Morgan fingerprint density at radius 1 is 0.430 bits per heavy atom. The molecule has 15 rings (SSSR count). The molecule has 15 aromatic rings. The van der Waals surface area contributed by atoms with Crippen molar-refractivity contribution in [2.24, 2.45) is 0 Å². The summed E-state index contributed by atoms with van der Waals surface area (Å²) in [6.07, 6.45) is 5.38. The molecule has 552 valence electrons. The lowest BCUT2D eigenvalue weighted by Gasteiger charge is -2.19. The number of methoxy groups -OCH3 is 3. The zero-order chi connectivity index (χ0) is 76.8. The second kappa shape index (κ2) is 32.1. The molecule has 0 atom stereocenters. The van der Waals surface area contributed by atoms with E-state index in [0.717, 1.165) is 161 Å². The summed E-state index contributed by atoms with van der Waals surface area (Å²) in [7, 11) is 4.91. The number of nitrogens with one attached hydrogen (secondary N) is 4. The van der Waals surface area contributed by atoms with E-state index in [1.807, 2.05) is 188 Å². The quantitative estimate of drug-likeness (QED) is 0.0751. The normalized spacial score (nSPS) is 11.2. The van der Waals surface area contributed by atoms with Crippen molar-refractivity contribution >= 4 is 117 Å². The van der Waals surface area contributed by atoms with Crippen molar-refractivity contribution in [2.45, 2.75) is 108 Å². The van der Waals surface area contributed by atoms with Gasteiger partial charge in [0.1, 0.15) is 86.2 Å². The standard InChI is InChI=1S/C24H26N4O4.C19H18N4O2.C17H18BrN3O3.C12H10BrN3O.C7H9NO/c1-14-21(15(2)32-27-14)16-11-19(26-17-7-9-18(30-6)10-8-17)22-20(12-16)28(13-25-22)23(29)31-24(3,4)5;1-11-18(12(2)25-23-11)13-8-16-19(21-10-20-16)17(9-13)22-14-4-6-15(24-3)7-5-14;1-9-14(10(2)24-20-9)11-6-12(18)15-13(7-11)21(8-19-15)16(22)23-17(3,4)5;1-6-11(7(2)17-16-6)8-3-9(13)12-10(4-8)14-5-15-12;1-9-7-4-2-6(8)3-5-7/h7-13,26H,1-6H3;4-10,22H,1-3H3,(H,20,21);6-8H,1-5H3;3-5H,1-2H3,(H,14,15);2-5H,8H2,1H3. The molecule has 0 radical (unpaired) electrons. The fourth-order valence-electron chi connectivity index (χ4n) is 11.8. The number of halogens is 2. The van der Waals surface area contributed by atoms with Crippen LogP contribution in [0.4, 0.5) is 38.0 Å². The fourth-order valence-corrected chi connectivity index (χ4v) is 12.9. The Bertz CT molecular complexity index is 5570. The maximum atomic E-state index is 12.8. The highest BCUT2D eigenvalue weighted by Crippen LogP contribution is 2.40. The van der Waals surface area contributed by atoms with E-state index < -0.39 is 23.4 Å². The lowest BCUT2D eigenvalue weighted by molar-refractivity contribution is 0.0532. The molecule has 0 unspecified atom stereocenters. The minimum Gasteiger partial charge on any atom is -0.497 e. The number of hydrogen-bond acceptors (Lipinski definition) is 22. The highest BCUT2D eigenvalue weighted by molar-refractivity contribution is 9.11. The van der Waals surface area contributed by atoms with Crippen LogP contribution in [0.15, 0.2) is 174 Å². The number of aryl methyl sites for hydroxylation is 8. The van der Waals surface area contributed by atoms with Crippen LogP contribution < -0.4 is 30.6 Å². The highest BCUT2D eigenvalue weighted by Gasteiger charge is 2.26. The number of anilines is 5. The molecule has 7 aromatic carbocycles. The van der Waals surface area contributed by atoms with Gasteiger partial charge in [0.2, 0.25) is 0 Å². The third-order valence-electron chi connectivity index (χ3n) is 16.6. The number of H-pyrrole nitrogens is 2. The van der Waals surface area contributed by atoms with Gasteiger partial charge in [-0.15, -0.1) is 0 Å². The van der Waals surface area contributed by atoms with Gasteiger partial charge in [0.25, 0.3) is 0 Å². The van der Waals surface area contributed by atoms with Crippen LogP contribution in [0, 0.1) is 55.4 Å². The molecule has 8 aromatic heterocycles. The first-order valence-electron chi connectivity index (χ1n) is 33.7. The summed E-state index contributed by atoms with van der Waals surface area (Å²) < 4.78 is 52.1. The van der Waals surface area contributed by atoms with Crippen LogP contribution in [0.3, 0.4) is 0 Å². The number of rotatable bonds is 11. The molecule has 6 N–H and O–H groups in total. The van der Waals surface area contributed by atoms with Gasteiger partial charge >= 0.3 is 12.2 Å². The van der Waals surface area contributed by atoms with Gasteiger partial charge in [-0.3, -0.25) is 0 Å². The Morgan fingerprint density at radius 2 is 0.757 bits per heavy atom. The largest absolute Gasteiger partial charge is 0.497 e. The number of imidazole rings is 4. The Kier molecular flexibility index (Phi) is 22.9. The van der Waals surface area contributed by atoms with Gasteiger partial charge in [0.05, 0.1) is 90.2 Å². The van der Waals surface area contributed by atoms with Crippen molar-refractivity contribution in [1.82, 2.24) is 59.7 Å². The van der Waals surface area contributed by atoms with Crippen molar-refractivity contribution in [1.29, 1.82) is 0 Å². The van der Waals surface area contributed by atoms with E-state index in [1.165, 1.54) is 21.8 Å². The van der Waals surface area contributed by atoms with Crippen LogP contribution >= 0.6 is 31.9 Å². The van der Waals surface area contributed by atoms with Gasteiger partial charge in [-0.2, -0.15) is 0 Å². The Hall–Kier alpha value is -12.0. The van der Waals surface area contributed by atoms with Crippen LogP contribution in [-0.4, -0.2) is 104 Å². The topological polar surface area (TPSA) is 327 Å². The third-order valence-corrected chi connectivity index (χ3v) is 17.8. The van der Waals surface area contributed by atoms with Gasteiger partial charge in [0.15, 0.2) is 0 Å². The molecule has 0 aliphatic rings. The molecule has 0 spiro atoms. The third kappa shape index (κ3) is 17.7. The summed E-state index contributed by atoms with van der Waals surface area (Å²) in [6.45, 7) is 26.2. The Balaban J connectivity index is 0.000000139. The molecule has 0 saturated carbocycles. The van der Waals surface area contributed by atoms with Gasteiger partial charge in [-0.05, 0) is 272 Å². The maximum absolute atomic E-state index is 12.8. The van der Waals surface area contributed by atoms with Gasteiger partial charge in [0, 0.05) is 48.3 Å². The van der Waals surface area contributed by atoms with Crippen LogP contribution in [0.1, 0.15) is 87.4 Å². The number of ether oxygens (including phenoxy) is 5. The van der Waals surface area contributed by atoms with Crippen LogP contribution in [-0.2, 0) is 9.47 Å². The summed E-state index contributed by atoms with van der Waals surface area (Å²) in [6, 6.07) is 38.6. The first-order chi connectivity index (χ1) is 51.0. The first kappa shape index (κ1) is 76.1. The average molecular weight is 1580 g/mol. The smallest absolute Gasteiger partial charge is 0.420 e. The molecule has 28 heteroatoms. The van der Waals surface area contributed by atoms with E-state index in [9.17, 15) is 9.59 Å². The van der Waals surface area contributed by atoms with Gasteiger partial charge in [-0.1, -0.05) is 20.6 Å². The number of nitrogens with zero attached hydrogens (tertiary/aromatic N) is 10. The van der Waals surface area contributed by atoms with Crippen LogP contribution in [0.2, 0.25) is 0 Å². The zero-order valence-electron chi connectivity index (χ0n) is 62.2. The molecule has 8 heterocycles. The van der Waals surface area contributed by atoms with Crippen LogP contribution in [0.5, 0.6) is 17.2 Å². The number of nitrogens with two attached hydrogens (primary N) is 1. The van der Waals surface area contributed by atoms with Crippen molar-refractivity contribution in [3.8, 4) is 61.8 Å². The molecule has 0 saturated heterocycles. The number of nitrogen functional groups attached to an aromatic ring is 1. The van der Waals surface area contributed by atoms with E-state index >= 15 is 0 Å². The molecule has 0 fully saturated rings. The SMILES string of the molecule is COc1ccc(N)cc1.COc1ccc(Nc2cc(-c3c(C)noc3C)cc3[nH]cnc23)cc1.COc1ccc(Nc2cc(-c3c(C)noc3C)cc3c2ncn3C(=O)OC(C)(C)C)cc1.Cc1noc(C)c1-c1cc(Br)c2nc[nH]c2c1.Cc1noc(C)c1-c1cc(Br)c2ncn(C(=O)OC(C)(C)C)c2c1. The summed E-state index contributed by atoms with van der Waals surface area (Å²) in [5, 5.41) is 22.9. The number of fused-ring (bicyclic) bond motifs is 4. The molecule has 26 nitrogen and oxygen atoms in total. The minimum atomic E-state index is -0.628. The van der Waals surface area contributed by atoms with Crippen molar-refractivity contribution in [2.75, 3.05) is 37.7 Å². The molecule has 0 aliphatic carbocycles. The summed E-state index contributed by atoms with van der Waals surface area (Å²) in [5.74, 6) is 5.46. The highest BCUT2D eigenvalue weighted by atomic mass is 79.9. The predicted octanol–water partition coefficient (Wildman–Crippen LogP) is 20.2. The second-order valence-corrected chi connectivity index (χ2v) is 28.5. The molecule has 0 aliphatic heterocycles. The van der Waals surface area contributed by atoms with Gasteiger partial charge in [-0.25, -0.2) is 38.7 Å².